The first-order chi connectivity index (χ1) is 9.78. The molecule has 2 rings (SSSR count). The molecular weight excluding hydrogens is 294 g/mol. The third kappa shape index (κ3) is 3.62. The number of ether oxygens (including phenoxy) is 2. The molecule has 0 saturated heterocycles. The lowest BCUT2D eigenvalue weighted by molar-refractivity contribution is 0.387. The highest BCUT2D eigenvalue weighted by Crippen LogP contribution is 2.32. The topological polar surface area (TPSA) is 56.3 Å². The zero-order valence-corrected chi connectivity index (χ0v) is 13.3. The van der Waals surface area contributed by atoms with Gasteiger partial charge in [-0.1, -0.05) is 29.2 Å². The molecule has 0 aliphatic rings. The highest BCUT2D eigenvalue weighted by molar-refractivity contribution is 8.01. The molecule has 0 bridgehead atoms. The van der Waals surface area contributed by atoms with Gasteiger partial charge in [0.1, 0.15) is 17.0 Å². The van der Waals surface area contributed by atoms with Gasteiger partial charge in [-0.25, -0.2) is 0 Å². The molecular formula is C13H17N3O2S2. The summed E-state index contributed by atoms with van der Waals surface area (Å²) in [6, 6.07) is 6.04. The zero-order chi connectivity index (χ0) is 14.4. The zero-order valence-electron chi connectivity index (χ0n) is 11.6. The summed E-state index contributed by atoms with van der Waals surface area (Å²) in [7, 11) is 5.26. The summed E-state index contributed by atoms with van der Waals surface area (Å²) < 4.78 is 11.6. The molecule has 5 nitrogen and oxygen atoms in total. The van der Waals surface area contributed by atoms with E-state index in [0.717, 1.165) is 27.2 Å². The Morgan fingerprint density at radius 1 is 1.35 bits per heavy atom. The molecule has 1 heterocycles. The number of nitrogens with zero attached hydrogens (tertiary/aromatic N) is 2. The number of nitrogens with one attached hydrogen (secondary N) is 1. The molecule has 108 valence electrons. The summed E-state index contributed by atoms with van der Waals surface area (Å²) in [5.41, 5.74) is 2.85. The Kier molecular flexibility index (Phi) is 5.63. The number of hydrogen-bond acceptors (Lipinski definition) is 7. The maximum atomic E-state index is 5.45. The van der Waals surface area contributed by atoms with Crippen molar-refractivity contribution in [2.24, 2.45) is 0 Å². The van der Waals surface area contributed by atoms with E-state index in [4.69, 9.17) is 9.47 Å². The highest BCUT2D eigenvalue weighted by Gasteiger charge is 2.16. The van der Waals surface area contributed by atoms with Gasteiger partial charge in [0, 0.05) is 23.4 Å². The minimum Gasteiger partial charge on any atom is -0.497 e. The van der Waals surface area contributed by atoms with Crippen LogP contribution in [0.3, 0.4) is 0 Å². The standard InChI is InChI=1S/C13H17N3O2S2/c1-14-11(7-19-13-16-15-8-20-13)10-5-4-9(17-2)6-12(10)18-3/h4-6,8,11,14H,7H2,1-3H3. The first-order valence-corrected chi connectivity index (χ1v) is 7.93. The Bertz CT molecular complexity index is 534. The van der Waals surface area contributed by atoms with Crippen molar-refractivity contribution in [3.63, 3.8) is 0 Å². The summed E-state index contributed by atoms with van der Waals surface area (Å²) in [4.78, 5) is 0. The highest BCUT2D eigenvalue weighted by atomic mass is 32.2. The predicted molar refractivity (Wildman–Crippen MR) is 82.0 cm³/mol. The van der Waals surface area contributed by atoms with Crippen LogP contribution in [0.5, 0.6) is 11.5 Å². The molecule has 0 aliphatic carbocycles. The number of methoxy groups -OCH3 is 2. The molecule has 7 heteroatoms. The maximum absolute atomic E-state index is 5.45. The second-order valence-corrected chi connectivity index (χ2v) is 6.07. The van der Waals surface area contributed by atoms with E-state index in [1.54, 1.807) is 42.8 Å². The molecule has 0 fully saturated rings. The summed E-state index contributed by atoms with van der Waals surface area (Å²) in [5.74, 6) is 2.47. The van der Waals surface area contributed by atoms with Crippen LogP contribution < -0.4 is 14.8 Å². The van der Waals surface area contributed by atoms with E-state index in [0.29, 0.717) is 0 Å². The van der Waals surface area contributed by atoms with Crippen LogP contribution in [0, 0.1) is 0 Å². The van der Waals surface area contributed by atoms with Gasteiger partial charge in [0.05, 0.1) is 14.2 Å². The Labute approximate surface area is 126 Å². The minimum absolute atomic E-state index is 0.171. The third-order valence-corrected chi connectivity index (χ3v) is 4.83. The fraction of sp³-hybridized carbons (Fsp3) is 0.385. The number of thioether (sulfide) groups is 1. The lowest BCUT2D eigenvalue weighted by atomic mass is 10.1. The van der Waals surface area contributed by atoms with Gasteiger partial charge in [0.15, 0.2) is 4.34 Å². The first kappa shape index (κ1) is 15.1. The van der Waals surface area contributed by atoms with Crippen LogP contribution in [-0.4, -0.2) is 37.2 Å². The van der Waals surface area contributed by atoms with Gasteiger partial charge in [0.2, 0.25) is 0 Å². The van der Waals surface area contributed by atoms with Gasteiger partial charge < -0.3 is 14.8 Å². The smallest absolute Gasteiger partial charge is 0.174 e. The second-order valence-electron chi connectivity index (χ2n) is 3.96. The summed E-state index contributed by atoms with van der Waals surface area (Å²) in [6.07, 6.45) is 0. The second kappa shape index (κ2) is 7.47. The Balaban J connectivity index is 2.13. The van der Waals surface area contributed by atoms with E-state index in [9.17, 15) is 0 Å². The van der Waals surface area contributed by atoms with E-state index in [-0.39, 0.29) is 6.04 Å². The Hall–Kier alpha value is -1.31. The van der Waals surface area contributed by atoms with Crippen LogP contribution in [0.25, 0.3) is 0 Å². The monoisotopic (exact) mass is 311 g/mol. The summed E-state index contributed by atoms with van der Waals surface area (Å²) >= 11 is 3.23. The largest absolute Gasteiger partial charge is 0.497 e. The average molecular weight is 311 g/mol. The van der Waals surface area contributed by atoms with Gasteiger partial charge in [-0.3, -0.25) is 0 Å². The number of benzene rings is 1. The molecule has 2 aromatic rings. The molecule has 0 amide bonds. The fourth-order valence-electron chi connectivity index (χ4n) is 1.82. The molecule has 1 atom stereocenters. The van der Waals surface area contributed by atoms with Crippen LogP contribution in [-0.2, 0) is 0 Å². The van der Waals surface area contributed by atoms with Crippen molar-refractivity contribution in [2.45, 2.75) is 10.4 Å². The van der Waals surface area contributed by atoms with Crippen molar-refractivity contribution in [1.82, 2.24) is 15.5 Å². The van der Waals surface area contributed by atoms with Crippen molar-refractivity contribution in [2.75, 3.05) is 27.0 Å². The molecule has 0 spiro atoms. The quantitative estimate of drug-likeness (QED) is 0.793. The van der Waals surface area contributed by atoms with Crippen molar-refractivity contribution in [1.29, 1.82) is 0 Å². The van der Waals surface area contributed by atoms with Crippen LogP contribution in [0.4, 0.5) is 0 Å². The lowest BCUT2D eigenvalue weighted by Crippen LogP contribution is -2.19. The molecule has 1 aromatic heterocycles. The van der Waals surface area contributed by atoms with Crippen LogP contribution in [0.1, 0.15) is 11.6 Å². The van der Waals surface area contributed by atoms with Crippen LogP contribution in [0.2, 0.25) is 0 Å². The molecule has 0 radical (unpaired) electrons. The lowest BCUT2D eigenvalue weighted by Gasteiger charge is -2.19. The molecule has 20 heavy (non-hydrogen) atoms. The average Bonchev–Trinajstić information content (AvgIpc) is 3.01. The SMILES string of the molecule is CNC(CSc1nncs1)c1ccc(OC)cc1OC. The van der Waals surface area contributed by atoms with Gasteiger partial charge in [-0.15, -0.1) is 10.2 Å². The first-order valence-electron chi connectivity index (χ1n) is 6.06. The summed E-state index contributed by atoms with van der Waals surface area (Å²) in [5, 5.41) is 11.2. The van der Waals surface area contributed by atoms with E-state index < -0.39 is 0 Å². The predicted octanol–water partition coefficient (Wildman–Crippen LogP) is 2.61. The molecule has 0 aliphatic heterocycles. The van der Waals surface area contributed by atoms with Crippen molar-refractivity contribution in [3.8, 4) is 11.5 Å². The summed E-state index contributed by atoms with van der Waals surface area (Å²) in [6.45, 7) is 0. The van der Waals surface area contributed by atoms with Gasteiger partial charge in [0.25, 0.3) is 0 Å². The van der Waals surface area contributed by atoms with Gasteiger partial charge in [-0.05, 0) is 13.1 Å². The molecule has 1 aromatic carbocycles. The number of rotatable bonds is 7. The van der Waals surface area contributed by atoms with E-state index in [2.05, 4.69) is 15.5 Å². The van der Waals surface area contributed by atoms with Crippen molar-refractivity contribution < 1.29 is 9.47 Å². The van der Waals surface area contributed by atoms with Crippen molar-refractivity contribution >= 4 is 23.1 Å². The molecule has 0 saturated carbocycles. The van der Waals surface area contributed by atoms with E-state index >= 15 is 0 Å². The van der Waals surface area contributed by atoms with Gasteiger partial charge >= 0.3 is 0 Å². The normalized spacial score (nSPS) is 12.2. The number of aromatic nitrogens is 2. The Morgan fingerprint density at radius 2 is 2.20 bits per heavy atom. The van der Waals surface area contributed by atoms with E-state index in [1.165, 1.54) is 0 Å². The third-order valence-electron chi connectivity index (χ3n) is 2.88. The Morgan fingerprint density at radius 3 is 2.80 bits per heavy atom. The molecule has 1 N–H and O–H groups in total. The van der Waals surface area contributed by atoms with Crippen LogP contribution in [0.15, 0.2) is 28.0 Å². The van der Waals surface area contributed by atoms with E-state index in [1.807, 2.05) is 25.2 Å². The van der Waals surface area contributed by atoms with Crippen molar-refractivity contribution in [3.05, 3.63) is 29.3 Å². The van der Waals surface area contributed by atoms with Crippen LogP contribution >= 0.6 is 23.1 Å². The molecule has 1 unspecified atom stereocenters. The number of hydrogen-bond donors (Lipinski definition) is 1. The maximum Gasteiger partial charge on any atom is 0.174 e. The van der Waals surface area contributed by atoms with Gasteiger partial charge in [-0.2, -0.15) is 0 Å². The minimum atomic E-state index is 0.171. The fourth-order valence-corrected chi connectivity index (χ4v) is 3.46.